The van der Waals surface area contributed by atoms with Crippen molar-refractivity contribution in [3.05, 3.63) is 12.2 Å². The number of carbonyl (C=O) groups excluding carboxylic acids is 1. The van der Waals surface area contributed by atoms with Crippen LogP contribution in [0, 0.1) is 0 Å². The van der Waals surface area contributed by atoms with Gasteiger partial charge < -0.3 is 5.32 Å². The maximum Gasteiger partial charge on any atom is 0.235 e. The molecule has 1 aliphatic rings. The number of nitrogens with zero attached hydrogens (tertiary/aromatic N) is 1. The smallest absolute Gasteiger partial charge is 0.235 e. The van der Waals surface area contributed by atoms with E-state index in [2.05, 4.69) is 16.9 Å². The Hall–Kier alpha value is -0.920. The van der Waals surface area contributed by atoms with Crippen molar-refractivity contribution >= 4 is 6.08 Å². The van der Waals surface area contributed by atoms with E-state index in [1.807, 2.05) is 0 Å². The summed E-state index contributed by atoms with van der Waals surface area (Å²) in [6.45, 7) is 5.31. The van der Waals surface area contributed by atoms with Crippen molar-refractivity contribution in [3.8, 4) is 0 Å². The summed E-state index contributed by atoms with van der Waals surface area (Å²) in [5, 5.41) is 3.28. The first-order valence-corrected chi connectivity index (χ1v) is 3.79. The highest BCUT2D eigenvalue weighted by atomic mass is 16.1. The van der Waals surface area contributed by atoms with E-state index in [9.17, 15) is 4.79 Å². The Balaban J connectivity index is 2.34. The summed E-state index contributed by atoms with van der Waals surface area (Å²) in [5.41, 5.74) is 0.992. The molecule has 1 aliphatic heterocycles. The molecule has 3 nitrogen and oxygen atoms in total. The first-order valence-electron chi connectivity index (χ1n) is 3.79. The summed E-state index contributed by atoms with van der Waals surface area (Å²) < 4.78 is 0. The first kappa shape index (κ1) is 8.18. The lowest BCUT2D eigenvalue weighted by Gasteiger charge is -2.09. The van der Waals surface area contributed by atoms with Crippen molar-refractivity contribution in [2.75, 3.05) is 13.1 Å². The van der Waals surface area contributed by atoms with Crippen LogP contribution in [0.3, 0.4) is 0 Å². The summed E-state index contributed by atoms with van der Waals surface area (Å²) >= 11 is 0. The fourth-order valence-corrected chi connectivity index (χ4v) is 1.28. The molecule has 11 heavy (non-hydrogen) atoms. The second kappa shape index (κ2) is 4.06. The van der Waals surface area contributed by atoms with Gasteiger partial charge in [0.2, 0.25) is 6.08 Å². The van der Waals surface area contributed by atoms with Gasteiger partial charge in [0.25, 0.3) is 0 Å². The highest BCUT2D eigenvalue weighted by molar-refractivity contribution is 5.34. The molecule has 1 saturated heterocycles. The van der Waals surface area contributed by atoms with Crippen LogP contribution in [-0.4, -0.2) is 25.2 Å². The van der Waals surface area contributed by atoms with Crippen molar-refractivity contribution in [1.29, 1.82) is 0 Å². The van der Waals surface area contributed by atoms with Gasteiger partial charge in [-0.25, -0.2) is 9.79 Å². The first-order chi connectivity index (χ1) is 5.34. The number of rotatable bonds is 3. The molecule has 0 saturated carbocycles. The van der Waals surface area contributed by atoms with Crippen LogP contribution in [0.5, 0.6) is 0 Å². The molecule has 0 spiro atoms. The van der Waals surface area contributed by atoms with Crippen LogP contribution in [-0.2, 0) is 4.79 Å². The van der Waals surface area contributed by atoms with Gasteiger partial charge in [-0.2, -0.15) is 0 Å². The van der Waals surface area contributed by atoms with Crippen molar-refractivity contribution < 1.29 is 4.79 Å². The Labute approximate surface area is 66.2 Å². The SMILES string of the molecule is C=C(CN=C=O)C1CCCN1. The van der Waals surface area contributed by atoms with Gasteiger partial charge in [0.1, 0.15) is 0 Å². The van der Waals surface area contributed by atoms with Gasteiger partial charge in [0, 0.05) is 6.04 Å². The van der Waals surface area contributed by atoms with Crippen LogP contribution in [0.2, 0.25) is 0 Å². The predicted molar refractivity (Wildman–Crippen MR) is 43.2 cm³/mol. The molecule has 3 heteroatoms. The van der Waals surface area contributed by atoms with Gasteiger partial charge in [-0.15, -0.1) is 0 Å². The topological polar surface area (TPSA) is 41.5 Å². The summed E-state index contributed by atoms with van der Waals surface area (Å²) in [4.78, 5) is 13.2. The average molecular weight is 152 g/mol. The number of nitrogens with one attached hydrogen (secondary N) is 1. The van der Waals surface area contributed by atoms with Crippen LogP contribution in [0.1, 0.15) is 12.8 Å². The third kappa shape index (κ3) is 2.30. The molecule has 1 fully saturated rings. The lowest BCUT2D eigenvalue weighted by Crippen LogP contribution is -2.24. The monoisotopic (exact) mass is 152 g/mol. The lowest BCUT2D eigenvalue weighted by atomic mass is 10.1. The fraction of sp³-hybridized carbons (Fsp3) is 0.625. The van der Waals surface area contributed by atoms with E-state index in [0.29, 0.717) is 12.6 Å². The van der Waals surface area contributed by atoms with Crippen molar-refractivity contribution in [3.63, 3.8) is 0 Å². The Morgan fingerprint density at radius 2 is 2.64 bits per heavy atom. The Morgan fingerprint density at radius 3 is 3.18 bits per heavy atom. The minimum Gasteiger partial charge on any atom is -0.310 e. The van der Waals surface area contributed by atoms with Crippen LogP contribution in [0.25, 0.3) is 0 Å². The molecular formula is C8H12N2O. The zero-order valence-electron chi connectivity index (χ0n) is 6.47. The van der Waals surface area contributed by atoms with E-state index < -0.39 is 0 Å². The summed E-state index contributed by atoms with van der Waals surface area (Å²) in [6.07, 6.45) is 3.82. The summed E-state index contributed by atoms with van der Waals surface area (Å²) in [7, 11) is 0. The zero-order valence-corrected chi connectivity index (χ0v) is 6.47. The second-order valence-electron chi connectivity index (χ2n) is 2.71. The van der Waals surface area contributed by atoms with Crippen LogP contribution >= 0.6 is 0 Å². The molecule has 0 radical (unpaired) electrons. The Bertz CT molecular complexity index is 188. The molecule has 1 rings (SSSR count). The molecule has 1 heterocycles. The van der Waals surface area contributed by atoms with E-state index in [1.54, 1.807) is 0 Å². The Kier molecular flexibility index (Phi) is 3.02. The van der Waals surface area contributed by atoms with E-state index in [-0.39, 0.29) is 0 Å². The quantitative estimate of drug-likeness (QED) is 0.366. The summed E-state index contributed by atoms with van der Waals surface area (Å²) in [6, 6.07) is 0.368. The van der Waals surface area contributed by atoms with Crippen LogP contribution < -0.4 is 5.32 Å². The molecule has 0 aromatic heterocycles. The number of hydrogen-bond donors (Lipinski definition) is 1. The lowest BCUT2D eigenvalue weighted by molar-refractivity contribution is 0.563. The van der Waals surface area contributed by atoms with E-state index in [1.165, 1.54) is 12.5 Å². The maximum absolute atomic E-state index is 9.77. The third-order valence-corrected chi connectivity index (χ3v) is 1.90. The predicted octanol–water partition coefficient (Wildman–Crippen LogP) is 0.630. The molecule has 0 aliphatic carbocycles. The van der Waals surface area contributed by atoms with Gasteiger partial charge in [-0.05, 0) is 25.0 Å². The van der Waals surface area contributed by atoms with Crippen LogP contribution in [0.15, 0.2) is 17.1 Å². The number of isocyanates is 1. The highest BCUT2D eigenvalue weighted by Crippen LogP contribution is 2.12. The van der Waals surface area contributed by atoms with Crippen molar-refractivity contribution in [2.45, 2.75) is 18.9 Å². The molecule has 60 valence electrons. The van der Waals surface area contributed by atoms with Gasteiger partial charge in [-0.3, -0.25) is 0 Å². The molecule has 0 amide bonds. The number of aliphatic imine (C=N–C) groups is 1. The molecule has 0 bridgehead atoms. The van der Waals surface area contributed by atoms with Gasteiger partial charge in [-0.1, -0.05) is 6.58 Å². The minimum atomic E-state index is 0.368. The van der Waals surface area contributed by atoms with Gasteiger partial charge in [0.15, 0.2) is 0 Å². The minimum absolute atomic E-state index is 0.368. The standard InChI is InChI=1S/C8H12N2O/c1-7(5-9-6-11)8-3-2-4-10-8/h8,10H,1-5H2. The highest BCUT2D eigenvalue weighted by Gasteiger charge is 2.15. The van der Waals surface area contributed by atoms with Crippen molar-refractivity contribution in [2.24, 2.45) is 4.99 Å². The van der Waals surface area contributed by atoms with Gasteiger partial charge in [0.05, 0.1) is 6.54 Å². The normalized spacial score (nSPS) is 22.7. The third-order valence-electron chi connectivity index (χ3n) is 1.90. The van der Waals surface area contributed by atoms with E-state index in [0.717, 1.165) is 18.5 Å². The molecular weight excluding hydrogens is 140 g/mol. The zero-order chi connectivity index (χ0) is 8.10. The van der Waals surface area contributed by atoms with E-state index >= 15 is 0 Å². The van der Waals surface area contributed by atoms with E-state index in [4.69, 9.17) is 0 Å². The van der Waals surface area contributed by atoms with Crippen molar-refractivity contribution in [1.82, 2.24) is 5.32 Å². The second-order valence-corrected chi connectivity index (χ2v) is 2.71. The van der Waals surface area contributed by atoms with Crippen LogP contribution in [0.4, 0.5) is 0 Å². The Morgan fingerprint density at radius 1 is 1.82 bits per heavy atom. The molecule has 1 N–H and O–H groups in total. The maximum atomic E-state index is 9.77. The number of hydrogen-bond acceptors (Lipinski definition) is 3. The summed E-state index contributed by atoms with van der Waals surface area (Å²) in [5.74, 6) is 0. The molecule has 0 aromatic carbocycles. The molecule has 0 aromatic rings. The van der Waals surface area contributed by atoms with Gasteiger partial charge >= 0.3 is 0 Å². The average Bonchev–Trinajstić information content (AvgIpc) is 2.52. The molecule has 1 atom stereocenters. The largest absolute Gasteiger partial charge is 0.310 e. The molecule has 1 unspecified atom stereocenters. The fourth-order valence-electron chi connectivity index (χ4n) is 1.28.